The van der Waals surface area contributed by atoms with Crippen molar-refractivity contribution < 1.29 is 17.9 Å². The number of methoxy groups -OCH3 is 1. The molecule has 0 fully saturated rings. The van der Waals surface area contributed by atoms with E-state index in [0.29, 0.717) is 17.3 Å². The van der Waals surface area contributed by atoms with E-state index in [0.717, 1.165) is 5.56 Å². The van der Waals surface area contributed by atoms with Crippen molar-refractivity contribution >= 4 is 27.3 Å². The van der Waals surface area contributed by atoms with Crippen molar-refractivity contribution in [3.05, 3.63) is 78.9 Å². The van der Waals surface area contributed by atoms with Crippen LogP contribution in [0.2, 0.25) is 0 Å². The van der Waals surface area contributed by atoms with Crippen LogP contribution >= 0.6 is 0 Å². The van der Waals surface area contributed by atoms with Gasteiger partial charge in [0.2, 0.25) is 11.7 Å². The molecule has 0 unspecified atom stereocenters. The van der Waals surface area contributed by atoms with E-state index in [2.05, 4.69) is 20.7 Å². The number of sulfonamides is 1. The standard InChI is InChI=1S/C24H24N6O4S/c1-3-29(19-12-8-5-9-13-19)35(32,33)20-14-15-22(34-2)21(16-20)25-23(31)17-30-27-24(26-28-30)18-10-6-4-7-11-18/h4-16H,3,17H2,1-2H3,(H,25,31). The Bertz CT molecular complexity index is 1410. The molecule has 1 amide bonds. The second kappa shape index (κ2) is 10.3. The molecule has 3 aromatic carbocycles. The molecule has 0 atom stereocenters. The van der Waals surface area contributed by atoms with Gasteiger partial charge >= 0.3 is 0 Å². The third-order valence-corrected chi connectivity index (χ3v) is 7.03. The fourth-order valence-corrected chi connectivity index (χ4v) is 4.99. The average Bonchev–Trinajstić information content (AvgIpc) is 3.34. The molecule has 0 spiro atoms. The molecule has 11 heteroatoms. The van der Waals surface area contributed by atoms with Gasteiger partial charge < -0.3 is 10.1 Å². The van der Waals surface area contributed by atoms with Gasteiger partial charge in [-0.25, -0.2) is 8.42 Å². The second-order valence-electron chi connectivity index (χ2n) is 7.43. The molecular formula is C24H24N6O4S. The molecule has 1 N–H and O–H groups in total. The van der Waals surface area contributed by atoms with E-state index in [1.165, 1.54) is 34.4 Å². The largest absolute Gasteiger partial charge is 0.495 e. The van der Waals surface area contributed by atoms with Crippen LogP contribution in [0.3, 0.4) is 0 Å². The number of tetrazole rings is 1. The van der Waals surface area contributed by atoms with E-state index >= 15 is 0 Å². The van der Waals surface area contributed by atoms with Gasteiger partial charge in [-0.15, -0.1) is 10.2 Å². The fourth-order valence-electron chi connectivity index (χ4n) is 3.49. The van der Waals surface area contributed by atoms with Crippen LogP contribution in [0.4, 0.5) is 11.4 Å². The summed E-state index contributed by atoms with van der Waals surface area (Å²) in [6.45, 7) is 1.78. The van der Waals surface area contributed by atoms with Gasteiger partial charge in [-0.3, -0.25) is 9.10 Å². The fraction of sp³-hybridized carbons (Fsp3) is 0.167. The molecule has 35 heavy (non-hydrogen) atoms. The van der Waals surface area contributed by atoms with Crippen molar-refractivity contribution in [3.63, 3.8) is 0 Å². The number of benzene rings is 3. The van der Waals surface area contributed by atoms with Gasteiger partial charge in [-0.1, -0.05) is 48.5 Å². The van der Waals surface area contributed by atoms with Crippen LogP contribution in [0, 0.1) is 0 Å². The highest BCUT2D eigenvalue weighted by Gasteiger charge is 2.25. The van der Waals surface area contributed by atoms with E-state index in [1.807, 2.05) is 36.4 Å². The number of nitrogens with one attached hydrogen (secondary N) is 1. The maximum atomic E-state index is 13.4. The van der Waals surface area contributed by atoms with Crippen LogP contribution in [0.25, 0.3) is 11.4 Å². The monoisotopic (exact) mass is 492 g/mol. The van der Waals surface area contributed by atoms with Crippen molar-refractivity contribution in [1.82, 2.24) is 20.2 Å². The third kappa shape index (κ3) is 5.30. The number of hydrogen-bond donors (Lipinski definition) is 1. The lowest BCUT2D eigenvalue weighted by Gasteiger charge is -2.23. The summed E-state index contributed by atoms with van der Waals surface area (Å²) in [7, 11) is -2.45. The number of hydrogen-bond acceptors (Lipinski definition) is 7. The summed E-state index contributed by atoms with van der Waals surface area (Å²) in [4.78, 5) is 13.9. The third-order valence-electron chi connectivity index (χ3n) is 5.13. The van der Waals surface area contributed by atoms with E-state index in [9.17, 15) is 13.2 Å². The Labute approximate surface area is 203 Å². The number of aromatic nitrogens is 4. The average molecular weight is 493 g/mol. The molecule has 0 aliphatic carbocycles. The first-order valence-corrected chi connectivity index (χ1v) is 12.2. The summed E-state index contributed by atoms with van der Waals surface area (Å²) >= 11 is 0. The highest BCUT2D eigenvalue weighted by atomic mass is 32.2. The molecule has 1 heterocycles. The van der Waals surface area contributed by atoms with Crippen LogP contribution in [0.1, 0.15) is 6.92 Å². The van der Waals surface area contributed by atoms with Crippen molar-refractivity contribution in [2.45, 2.75) is 18.4 Å². The van der Waals surface area contributed by atoms with Crippen molar-refractivity contribution in [1.29, 1.82) is 0 Å². The Hall–Kier alpha value is -4.25. The van der Waals surface area contributed by atoms with Crippen molar-refractivity contribution in [3.8, 4) is 17.1 Å². The van der Waals surface area contributed by atoms with Crippen molar-refractivity contribution in [2.24, 2.45) is 0 Å². The predicted molar refractivity (Wildman–Crippen MR) is 132 cm³/mol. The molecule has 0 saturated heterocycles. The molecule has 4 aromatic rings. The quantitative estimate of drug-likeness (QED) is 0.381. The molecule has 180 valence electrons. The van der Waals surface area contributed by atoms with Crippen LogP contribution in [-0.4, -0.2) is 48.2 Å². The first-order chi connectivity index (χ1) is 16.9. The lowest BCUT2D eigenvalue weighted by Crippen LogP contribution is -2.30. The van der Waals surface area contributed by atoms with Gasteiger partial charge in [0, 0.05) is 12.1 Å². The summed E-state index contributed by atoms with van der Waals surface area (Å²) in [5.41, 5.74) is 1.53. The van der Waals surface area contributed by atoms with E-state index < -0.39 is 15.9 Å². The Morgan fingerprint density at radius 1 is 1.03 bits per heavy atom. The molecular weight excluding hydrogens is 468 g/mol. The number of ether oxygens (including phenoxy) is 1. The summed E-state index contributed by atoms with van der Waals surface area (Å²) < 4.78 is 33.4. The summed E-state index contributed by atoms with van der Waals surface area (Å²) in [6.07, 6.45) is 0. The van der Waals surface area contributed by atoms with Gasteiger partial charge in [-0.05, 0) is 42.5 Å². The normalized spacial score (nSPS) is 11.1. The topological polar surface area (TPSA) is 119 Å². The maximum absolute atomic E-state index is 13.4. The van der Waals surface area contributed by atoms with Crippen LogP contribution in [0.5, 0.6) is 5.75 Å². The second-order valence-corrected chi connectivity index (χ2v) is 9.29. The van der Waals surface area contributed by atoms with E-state index in [-0.39, 0.29) is 23.7 Å². The SMILES string of the molecule is CCN(c1ccccc1)S(=O)(=O)c1ccc(OC)c(NC(=O)Cn2nnc(-c3ccccc3)n2)c1. The zero-order valence-electron chi connectivity index (χ0n) is 19.2. The van der Waals surface area contributed by atoms with Crippen LogP contribution in [-0.2, 0) is 21.4 Å². The lowest BCUT2D eigenvalue weighted by atomic mass is 10.2. The van der Waals surface area contributed by atoms with Crippen LogP contribution in [0.15, 0.2) is 83.8 Å². The van der Waals surface area contributed by atoms with E-state index in [4.69, 9.17) is 4.74 Å². The summed E-state index contributed by atoms with van der Waals surface area (Å²) in [5.74, 6) is 0.242. The molecule has 10 nitrogen and oxygen atoms in total. The number of para-hydroxylation sites is 1. The zero-order chi connectivity index (χ0) is 24.8. The molecule has 4 rings (SSSR count). The first-order valence-electron chi connectivity index (χ1n) is 10.8. The molecule has 1 aromatic heterocycles. The minimum Gasteiger partial charge on any atom is -0.495 e. The van der Waals surface area contributed by atoms with Gasteiger partial charge in [0.1, 0.15) is 12.3 Å². The summed E-state index contributed by atoms with van der Waals surface area (Å²) in [5, 5.41) is 14.8. The Balaban J connectivity index is 1.55. The minimum absolute atomic E-state index is 0.0181. The molecule has 0 aliphatic heterocycles. The number of amides is 1. The molecule has 0 radical (unpaired) electrons. The zero-order valence-corrected chi connectivity index (χ0v) is 20.0. The number of nitrogens with zero attached hydrogens (tertiary/aromatic N) is 5. The highest BCUT2D eigenvalue weighted by Crippen LogP contribution is 2.30. The molecule has 0 bridgehead atoms. The maximum Gasteiger partial charge on any atom is 0.264 e. The Morgan fingerprint density at radius 3 is 2.37 bits per heavy atom. The summed E-state index contributed by atoms with van der Waals surface area (Å²) in [6, 6.07) is 22.4. The minimum atomic E-state index is -3.89. The smallest absolute Gasteiger partial charge is 0.264 e. The highest BCUT2D eigenvalue weighted by molar-refractivity contribution is 7.92. The van der Waals surface area contributed by atoms with Crippen molar-refractivity contribution in [2.75, 3.05) is 23.3 Å². The van der Waals surface area contributed by atoms with Gasteiger partial charge in [0.05, 0.1) is 23.4 Å². The number of carbonyl (C=O) groups is 1. The Kier molecular flexibility index (Phi) is 7.06. The van der Waals surface area contributed by atoms with E-state index in [1.54, 1.807) is 31.2 Å². The number of rotatable bonds is 9. The Morgan fingerprint density at radius 2 is 1.71 bits per heavy atom. The van der Waals surface area contributed by atoms with Gasteiger partial charge in [0.15, 0.2) is 0 Å². The van der Waals surface area contributed by atoms with Gasteiger partial charge in [-0.2, -0.15) is 4.80 Å². The number of anilines is 2. The van der Waals surface area contributed by atoms with Crippen LogP contribution < -0.4 is 14.4 Å². The van der Waals surface area contributed by atoms with Gasteiger partial charge in [0.25, 0.3) is 10.0 Å². The molecule has 0 saturated carbocycles. The predicted octanol–water partition coefficient (Wildman–Crippen LogP) is 3.20. The number of carbonyl (C=O) groups excluding carboxylic acids is 1. The lowest BCUT2D eigenvalue weighted by molar-refractivity contribution is -0.117. The first kappa shape index (κ1) is 23.9. The molecule has 0 aliphatic rings.